The molecule has 0 fully saturated rings. The highest BCUT2D eigenvalue weighted by atomic mass is 15.0. The highest BCUT2D eigenvalue weighted by Crippen LogP contribution is 2.43. The Morgan fingerprint density at radius 2 is 1.34 bits per heavy atom. The molecule has 0 spiro atoms. The normalized spacial score (nSPS) is 12.5. The molecule has 0 bridgehead atoms. The Morgan fingerprint density at radius 3 is 2.16 bits per heavy atom. The third-order valence-corrected chi connectivity index (χ3v) is 7.60. The van der Waals surface area contributed by atoms with Crippen molar-refractivity contribution in [2.45, 2.75) is 27.7 Å². The molecule has 0 aliphatic heterocycles. The molecule has 0 aliphatic carbocycles. The number of benzene rings is 4. The van der Waals surface area contributed by atoms with Crippen LogP contribution in [-0.4, -0.2) is 4.40 Å². The Bertz CT molecular complexity index is 1920. The van der Waals surface area contributed by atoms with Crippen molar-refractivity contribution < 1.29 is 4.57 Å². The number of hydrogen-bond acceptors (Lipinski definition) is 0. The zero-order chi connectivity index (χ0) is 21.9. The van der Waals surface area contributed by atoms with Crippen molar-refractivity contribution in [3.63, 3.8) is 0 Å². The third kappa shape index (κ3) is 1.99. The zero-order valence-corrected chi connectivity index (χ0v) is 19.2. The first kappa shape index (κ1) is 18.0. The number of pyridine rings is 2. The molecule has 3 heterocycles. The lowest BCUT2D eigenvalue weighted by atomic mass is 9.92. The summed E-state index contributed by atoms with van der Waals surface area (Å²) in [5, 5.41) is 9.42. The van der Waals surface area contributed by atoms with Crippen LogP contribution in [0.15, 0.2) is 60.8 Å². The van der Waals surface area contributed by atoms with Crippen molar-refractivity contribution in [3.05, 3.63) is 83.0 Å². The van der Waals surface area contributed by atoms with Crippen molar-refractivity contribution >= 4 is 59.8 Å². The maximum atomic E-state index is 2.56. The van der Waals surface area contributed by atoms with Crippen LogP contribution in [0, 0.1) is 27.7 Å². The summed E-state index contributed by atoms with van der Waals surface area (Å²) in [6.07, 6.45) is 2.21. The molecule has 7 aromatic rings. The topological polar surface area (TPSA) is 8.29 Å². The summed E-state index contributed by atoms with van der Waals surface area (Å²) < 4.78 is 4.88. The molecular formula is C30H25N2+. The average Bonchev–Trinajstić information content (AvgIpc) is 3.11. The van der Waals surface area contributed by atoms with Gasteiger partial charge in [0.1, 0.15) is 7.05 Å². The molecular weight excluding hydrogens is 388 g/mol. The fourth-order valence-electron chi connectivity index (χ4n) is 6.09. The number of nitrogens with zero attached hydrogens (tertiary/aromatic N) is 2. The van der Waals surface area contributed by atoms with Gasteiger partial charge in [0.15, 0.2) is 6.20 Å². The Labute approximate surface area is 186 Å². The maximum Gasteiger partial charge on any atom is 0.224 e. The molecule has 2 nitrogen and oxygen atoms in total. The van der Waals surface area contributed by atoms with Gasteiger partial charge in [0.2, 0.25) is 5.52 Å². The molecule has 3 aromatic heterocycles. The molecule has 154 valence electrons. The van der Waals surface area contributed by atoms with Crippen LogP contribution in [-0.2, 0) is 7.05 Å². The van der Waals surface area contributed by atoms with Gasteiger partial charge in [-0.25, -0.2) is 4.57 Å². The van der Waals surface area contributed by atoms with Crippen LogP contribution in [0.1, 0.15) is 22.3 Å². The number of aromatic nitrogens is 2. The number of aryl methyl sites for hydroxylation is 5. The van der Waals surface area contributed by atoms with E-state index in [-0.39, 0.29) is 0 Å². The lowest BCUT2D eigenvalue weighted by molar-refractivity contribution is -0.643. The molecule has 0 saturated carbocycles. The first-order valence-electron chi connectivity index (χ1n) is 11.4. The van der Waals surface area contributed by atoms with Gasteiger partial charge in [0.25, 0.3) is 0 Å². The second-order valence-electron chi connectivity index (χ2n) is 9.58. The molecule has 0 atom stereocenters. The minimum absolute atomic E-state index is 1.30. The van der Waals surface area contributed by atoms with Crippen LogP contribution in [0.5, 0.6) is 0 Å². The fourth-order valence-corrected chi connectivity index (χ4v) is 6.09. The van der Waals surface area contributed by atoms with Crippen LogP contribution in [0.4, 0.5) is 0 Å². The van der Waals surface area contributed by atoms with Gasteiger partial charge in [0, 0.05) is 16.8 Å². The lowest BCUT2D eigenvalue weighted by Crippen LogP contribution is -2.29. The summed E-state index contributed by atoms with van der Waals surface area (Å²) in [7, 11) is 2.19. The van der Waals surface area contributed by atoms with Crippen LogP contribution in [0.3, 0.4) is 0 Å². The van der Waals surface area contributed by atoms with E-state index < -0.39 is 0 Å². The fraction of sp³-hybridized carbons (Fsp3) is 0.167. The third-order valence-electron chi connectivity index (χ3n) is 7.60. The Hall–Kier alpha value is -3.65. The molecule has 2 heteroatoms. The molecule has 4 aromatic carbocycles. The zero-order valence-electron chi connectivity index (χ0n) is 19.2. The van der Waals surface area contributed by atoms with Crippen molar-refractivity contribution in [3.8, 4) is 0 Å². The molecule has 0 radical (unpaired) electrons. The van der Waals surface area contributed by atoms with E-state index in [4.69, 9.17) is 0 Å². The largest absolute Gasteiger partial charge is 0.307 e. The summed E-state index contributed by atoms with van der Waals surface area (Å²) in [4.78, 5) is 0. The predicted octanol–water partition coefficient (Wildman–Crippen LogP) is 7.20. The Morgan fingerprint density at radius 1 is 0.625 bits per heavy atom. The van der Waals surface area contributed by atoms with Gasteiger partial charge in [0.05, 0.1) is 27.3 Å². The first-order chi connectivity index (χ1) is 15.5. The number of fused-ring (bicyclic) bond motifs is 7. The minimum Gasteiger partial charge on any atom is -0.307 e. The van der Waals surface area contributed by atoms with Crippen molar-refractivity contribution in [1.29, 1.82) is 0 Å². The second kappa shape index (κ2) is 5.77. The van der Waals surface area contributed by atoms with E-state index >= 15 is 0 Å². The number of rotatable bonds is 0. The smallest absolute Gasteiger partial charge is 0.224 e. The van der Waals surface area contributed by atoms with Gasteiger partial charge in [-0.2, -0.15) is 0 Å². The molecule has 32 heavy (non-hydrogen) atoms. The standard InChI is InChI=1S/C30H25N2/c1-16-6-9-21-19(4)28-26(18(3)24(21)14-16)30-27-20(12-13-31(30)5)8-11-23-22-10-7-17(2)15-25(22)32(28)29(23)27/h6-15H,1-5H3/q+1. The van der Waals surface area contributed by atoms with Crippen molar-refractivity contribution in [2.24, 2.45) is 7.05 Å². The van der Waals surface area contributed by atoms with Crippen molar-refractivity contribution in [1.82, 2.24) is 4.40 Å². The van der Waals surface area contributed by atoms with Crippen LogP contribution in [0.2, 0.25) is 0 Å². The molecule has 0 aliphatic rings. The van der Waals surface area contributed by atoms with E-state index in [9.17, 15) is 0 Å². The summed E-state index contributed by atoms with van der Waals surface area (Å²) in [6.45, 7) is 8.99. The van der Waals surface area contributed by atoms with E-state index in [0.717, 1.165) is 0 Å². The summed E-state index contributed by atoms with van der Waals surface area (Å²) in [5.41, 5.74) is 10.6. The SMILES string of the molecule is Cc1ccc2c(C)c3c(c(C)c2c1)c1c2c(ccc4c5ccc(C)cc5n3c42)cc[n+]1C. The van der Waals surface area contributed by atoms with E-state index in [1.54, 1.807) is 0 Å². The van der Waals surface area contributed by atoms with Crippen LogP contribution in [0.25, 0.3) is 59.8 Å². The number of hydrogen-bond donors (Lipinski definition) is 0. The van der Waals surface area contributed by atoms with E-state index in [2.05, 4.69) is 105 Å². The maximum absolute atomic E-state index is 2.56. The van der Waals surface area contributed by atoms with Crippen LogP contribution < -0.4 is 4.57 Å². The monoisotopic (exact) mass is 413 g/mol. The summed E-state index contributed by atoms with van der Waals surface area (Å²) in [6, 6.07) is 20.7. The second-order valence-corrected chi connectivity index (χ2v) is 9.58. The van der Waals surface area contributed by atoms with E-state index in [1.807, 2.05) is 0 Å². The van der Waals surface area contributed by atoms with E-state index in [0.29, 0.717) is 0 Å². The van der Waals surface area contributed by atoms with Crippen LogP contribution >= 0.6 is 0 Å². The highest BCUT2D eigenvalue weighted by Gasteiger charge is 2.26. The minimum atomic E-state index is 1.30. The predicted molar refractivity (Wildman–Crippen MR) is 136 cm³/mol. The molecule has 0 saturated heterocycles. The molecule has 0 amide bonds. The van der Waals surface area contributed by atoms with Crippen molar-refractivity contribution in [2.75, 3.05) is 0 Å². The lowest BCUT2D eigenvalue weighted by Gasteiger charge is -2.17. The van der Waals surface area contributed by atoms with Gasteiger partial charge in [-0.15, -0.1) is 0 Å². The summed E-state index contributed by atoms with van der Waals surface area (Å²) in [5.74, 6) is 0. The van der Waals surface area contributed by atoms with E-state index in [1.165, 1.54) is 82.0 Å². The first-order valence-corrected chi connectivity index (χ1v) is 11.4. The van der Waals surface area contributed by atoms with Gasteiger partial charge >= 0.3 is 0 Å². The summed E-state index contributed by atoms with van der Waals surface area (Å²) >= 11 is 0. The average molecular weight is 414 g/mol. The quantitative estimate of drug-likeness (QED) is 0.141. The Kier molecular flexibility index (Phi) is 3.24. The van der Waals surface area contributed by atoms with Gasteiger partial charge < -0.3 is 4.40 Å². The molecule has 0 unspecified atom stereocenters. The highest BCUT2D eigenvalue weighted by molar-refractivity contribution is 6.28. The van der Waals surface area contributed by atoms with Gasteiger partial charge in [-0.3, -0.25) is 0 Å². The van der Waals surface area contributed by atoms with Gasteiger partial charge in [-0.05, 0) is 66.6 Å². The Balaban J connectivity index is 1.99. The molecule has 0 N–H and O–H groups in total. The molecule has 7 rings (SSSR count). The van der Waals surface area contributed by atoms with Gasteiger partial charge in [-0.1, -0.05) is 48.0 Å².